The minimum atomic E-state index is 0.0394. The topological polar surface area (TPSA) is 38.1 Å². The maximum Gasteiger partial charge on any atom is 0.225 e. The molecule has 0 bridgehead atoms. The molecule has 0 radical (unpaired) electrons. The van der Waals surface area contributed by atoms with E-state index in [0.717, 1.165) is 43.7 Å². The van der Waals surface area contributed by atoms with Gasteiger partial charge in [-0.3, -0.25) is 4.79 Å². The summed E-state index contributed by atoms with van der Waals surface area (Å²) in [4.78, 5) is 19.2. The van der Waals surface area contributed by atoms with Crippen LogP contribution in [0.4, 0.5) is 0 Å². The predicted molar refractivity (Wildman–Crippen MR) is 98.0 cm³/mol. The van der Waals surface area contributed by atoms with E-state index in [1.165, 1.54) is 11.1 Å². The molecule has 128 valence electrons. The lowest BCUT2D eigenvalue weighted by Gasteiger charge is -2.34. The van der Waals surface area contributed by atoms with Gasteiger partial charge >= 0.3 is 0 Å². The van der Waals surface area contributed by atoms with Gasteiger partial charge in [-0.1, -0.05) is 19.1 Å². The SMILES string of the molecule is C=CCC(C)C(=O)N1CCC(n2c(C)nc3ccc(C)cc32)CC1. The van der Waals surface area contributed by atoms with Crippen LogP contribution in [0.15, 0.2) is 30.9 Å². The molecular weight excluding hydrogens is 298 g/mol. The van der Waals surface area contributed by atoms with Crippen molar-refractivity contribution in [1.29, 1.82) is 0 Å². The highest BCUT2D eigenvalue weighted by Crippen LogP contribution is 2.29. The van der Waals surface area contributed by atoms with Crippen molar-refractivity contribution in [2.45, 2.75) is 46.1 Å². The molecule has 4 nitrogen and oxygen atoms in total. The zero-order valence-corrected chi connectivity index (χ0v) is 15.0. The van der Waals surface area contributed by atoms with E-state index in [1.807, 2.05) is 17.9 Å². The molecule has 1 fully saturated rings. The number of fused-ring (bicyclic) bond motifs is 1. The highest BCUT2D eigenvalue weighted by molar-refractivity contribution is 5.79. The van der Waals surface area contributed by atoms with Gasteiger partial charge in [-0.05, 0) is 50.8 Å². The molecule has 2 aromatic rings. The van der Waals surface area contributed by atoms with Crippen molar-refractivity contribution < 1.29 is 4.79 Å². The Morgan fingerprint density at radius 3 is 2.75 bits per heavy atom. The number of benzene rings is 1. The lowest BCUT2D eigenvalue weighted by Crippen LogP contribution is -2.41. The van der Waals surface area contributed by atoms with Crippen LogP contribution in [-0.4, -0.2) is 33.4 Å². The van der Waals surface area contributed by atoms with Crippen LogP contribution in [0, 0.1) is 19.8 Å². The molecule has 1 aromatic carbocycles. The highest BCUT2D eigenvalue weighted by atomic mass is 16.2. The first-order chi connectivity index (χ1) is 11.5. The Kier molecular flexibility index (Phi) is 4.74. The summed E-state index contributed by atoms with van der Waals surface area (Å²) in [6, 6.07) is 6.86. The molecule has 24 heavy (non-hydrogen) atoms. The van der Waals surface area contributed by atoms with E-state index >= 15 is 0 Å². The van der Waals surface area contributed by atoms with Crippen molar-refractivity contribution in [2.24, 2.45) is 5.92 Å². The van der Waals surface area contributed by atoms with Gasteiger partial charge in [-0.25, -0.2) is 4.98 Å². The van der Waals surface area contributed by atoms with Crippen molar-refractivity contribution in [1.82, 2.24) is 14.5 Å². The van der Waals surface area contributed by atoms with E-state index in [0.29, 0.717) is 6.04 Å². The zero-order valence-electron chi connectivity index (χ0n) is 15.0. The number of amides is 1. The molecule has 2 heterocycles. The number of hydrogen-bond donors (Lipinski definition) is 0. The number of piperidine rings is 1. The summed E-state index contributed by atoms with van der Waals surface area (Å²) in [5, 5.41) is 0. The number of likely N-dealkylation sites (tertiary alicyclic amines) is 1. The normalized spacial score (nSPS) is 17.2. The highest BCUT2D eigenvalue weighted by Gasteiger charge is 2.27. The van der Waals surface area contributed by atoms with Crippen LogP contribution in [0.3, 0.4) is 0 Å². The van der Waals surface area contributed by atoms with Crippen molar-refractivity contribution in [2.75, 3.05) is 13.1 Å². The fourth-order valence-electron chi connectivity index (χ4n) is 3.79. The number of imidazole rings is 1. The van der Waals surface area contributed by atoms with Gasteiger partial charge in [0.05, 0.1) is 11.0 Å². The molecule has 1 atom stereocenters. The van der Waals surface area contributed by atoms with Crippen LogP contribution in [0.2, 0.25) is 0 Å². The standard InChI is InChI=1S/C20H27N3O/c1-5-6-15(3)20(24)22-11-9-17(10-12-22)23-16(4)21-18-8-7-14(2)13-19(18)23/h5,7-8,13,15,17H,1,6,9-12H2,2-4H3. The van der Waals surface area contributed by atoms with Crippen LogP contribution in [0.5, 0.6) is 0 Å². The summed E-state index contributed by atoms with van der Waals surface area (Å²) in [6.07, 6.45) is 4.57. The first kappa shape index (κ1) is 16.7. The molecule has 0 spiro atoms. The summed E-state index contributed by atoms with van der Waals surface area (Å²) >= 11 is 0. The molecule has 0 aliphatic carbocycles. The van der Waals surface area contributed by atoms with E-state index in [4.69, 9.17) is 4.98 Å². The molecule has 0 N–H and O–H groups in total. The van der Waals surface area contributed by atoms with Crippen LogP contribution in [-0.2, 0) is 4.79 Å². The number of rotatable bonds is 4. The number of aromatic nitrogens is 2. The van der Waals surface area contributed by atoms with Crippen LogP contribution in [0.1, 0.15) is 43.6 Å². The molecule has 1 saturated heterocycles. The second-order valence-electron chi connectivity index (χ2n) is 7.00. The predicted octanol–water partition coefficient (Wildman–Crippen LogP) is 4.03. The number of aryl methyl sites for hydroxylation is 2. The van der Waals surface area contributed by atoms with Crippen molar-refractivity contribution in [3.8, 4) is 0 Å². The number of carbonyl (C=O) groups excluding carboxylic acids is 1. The molecule has 3 rings (SSSR count). The van der Waals surface area contributed by atoms with Gasteiger partial charge in [-0.15, -0.1) is 6.58 Å². The molecule has 4 heteroatoms. The smallest absolute Gasteiger partial charge is 0.225 e. The van der Waals surface area contributed by atoms with Gasteiger partial charge in [0.1, 0.15) is 5.82 Å². The maximum atomic E-state index is 12.5. The molecule has 0 saturated carbocycles. The van der Waals surface area contributed by atoms with Crippen LogP contribution in [0.25, 0.3) is 11.0 Å². The monoisotopic (exact) mass is 325 g/mol. The molecule has 1 unspecified atom stereocenters. The van der Waals surface area contributed by atoms with Gasteiger partial charge < -0.3 is 9.47 Å². The van der Waals surface area contributed by atoms with Crippen molar-refractivity contribution in [3.63, 3.8) is 0 Å². The van der Waals surface area contributed by atoms with E-state index < -0.39 is 0 Å². The quantitative estimate of drug-likeness (QED) is 0.796. The summed E-state index contributed by atoms with van der Waals surface area (Å²) in [7, 11) is 0. The third-order valence-corrected chi connectivity index (χ3v) is 5.10. The largest absolute Gasteiger partial charge is 0.342 e. The first-order valence-corrected chi connectivity index (χ1v) is 8.86. The Balaban J connectivity index is 1.75. The average Bonchev–Trinajstić information content (AvgIpc) is 2.89. The third kappa shape index (κ3) is 3.10. The molecule has 1 amide bonds. The Labute approximate surface area is 144 Å². The Hall–Kier alpha value is -2.10. The molecule has 1 aromatic heterocycles. The van der Waals surface area contributed by atoms with Gasteiger partial charge in [-0.2, -0.15) is 0 Å². The summed E-state index contributed by atoms with van der Waals surface area (Å²) in [5.41, 5.74) is 3.54. The van der Waals surface area contributed by atoms with Crippen LogP contribution >= 0.6 is 0 Å². The number of carbonyl (C=O) groups is 1. The summed E-state index contributed by atoms with van der Waals surface area (Å²) in [6.45, 7) is 11.6. The second kappa shape index (κ2) is 6.80. The fraction of sp³-hybridized carbons (Fsp3) is 0.500. The molecule has 1 aliphatic rings. The third-order valence-electron chi connectivity index (χ3n) is 5.10. The zero-order chi connectivity index (χ0) is 17.3. The molecule has 1 aliphatic heterocycles. The van der Waals surface area contributed by atoms with Crippen LogP contribution < -0.4 is 0 Å². The fourth-order valence-corrected chi connectivity index (χ4v) is 3.79. The second-order valence-corrected chi connectivity index (χ2v) is 7.00. The Bertz CT molecular complexity index is 754. The van der Waals surface area contributed by atoms with Gasteiger partial charge in [0.15, 0.2) is 0 Å². The number of allylic oxidation sites excluding steroid dienone is 1. The van der Waals surface area contributed by atoms with E-state index in [2.05, 4.69) is 43.2 Å². The van der Waals surface area contributed by atoms with Gasteiger partial charge in [0.25, 0.3) is 0 Å². The average molecular weight is 325 g/mol. The van der Waals surface area contributed by atoms with Crippen molar-refractivity contribution in [3.05, 3.63) is 42.2 Å². The summed E-state index contributed by atoms with van der Waals surface area (Å²) in [5.74, 6) is 1.37. The Morgan fingerprint density at radius 2 is 2.08 bits per heavy atom. The van der Waals surface area contributed by atoms with Gasteiger partial charge in [0.2, 0.25) is 5.91 Å². The van der Waals surface area contributed by atoms with Crippen molar-refractivity contribution >= 4 is 16.9 Å². The molecular formula is C20H27N3O. The van der Waals surface area contributed by atoms with Gasteiger partial charge in [0, 0.05) is 25.0 Å². The van der Waals surface area contributed by atoms with E-state index in [1.54, 1.807) is 0 Å². The van der Waals surface area contributed by atoms with E-state index in [-0.39, 0.29) is 11.8 Å². The lowest BCUT2D eigenvalue weighted by atomic mass is 10.0. The maximum absolute atomic E-state index is 12.5. The number of nitrogens with zero attached hydrogens (tertiary/aromatic N) is 3. The Morgan fingerprint density at radius 1 is 1.38 bits per heavy atom. The summed E-state index contributed by atoms with van der Waals surface area (Å²) < 4.78 is 2.37. The minimum Gasteiger partial charge on any atom is -0.342 e. The number of hydrogen-bond acceptors (Lipinski definition) is 2. The van der Waals surface area contributed by atoms with E-state index in [9.17, 15) is 4.79 Å². The lowest BCUT2D eigenvalue weighted by molar-refractivity contribution is -0.136. The minimum absolute atomic E-state index is 0.0394. The first-order valence-electron chi connectivity index (χ1n) is 8.86.